The standard InChI is InChI=1S/C15H32N2/c1-4-10-16-15(14(3)5-2)13-17-11-8-6-7-9-12-17/h14-16H,4-13H2,1-3H3. The molecule has 0 aromatic rings. The van der Waals surface area contributed by atoms with E-state index in [1.807, 2.05) is 0 Å². The monoisotopic (exact) mass is 240 g/mol. The molecule has 1 N–H and O–H groups in total. The van der Waals surface area contributed by atoms with Gasteiger partial charge in [0.15, 0.2) is 0 Å². The first-order valence-corrected chi connectivity index (χ1v) is 7.73. The molecule has 0 saturated carbocycles. The minimum atomic E-state index is 0.693. The van der Waals surface area contributed by atoms with Crippen LogP contribution in [0.25, 0.3) is 0 Å². The van der Waals surface area contributed by atoms with Crippen LogP contribution in [0.5, 0.6) is 0 Å². The Morgan fingerprint density at radius 3 is 2.24 bits per heavy atom. The highest BCUT2D eigenvalue weighted by Gasteiger charge is 2.19. The second-order valence-electron chi connectivity index (χ2n) is 5.66. The van der Waals surface area contributed by atoms with Crippen molar-refractivity contribution in [3.8, 4) is 0 Å². The van der Waals surface area contributed by atoms with Gasteiger partial charge in [-0.2, -0.15) is 0 Å². The lowest BCUT2D eigenvalue weighted by Crippen LogP contribution is -2.45. The Labute approximate surface area is 108 Å². The van der Waals surface area contributed by atoms with E-state index in [9.17, 15) is 0 Å². The van der Waals surface area contributed by atoms with E-state index in [-0.39, 0.29) is 0 Å². The van der Waals surface area contributed by atoms with Gasteiger partial charge in [0, 0.05) is 12.6 Å². The lowest BCUT2D eigenvalue weighted by molar-refractivity contribution is 0.216. The molecule has 17 heavy (non-hydrogen) atoms. The van der Waals surface area contributed by atoms with Gasteiger partial charge in [0.1, 0.15) is 0 Å². The zero-order chi connectivity index (χ0) is 12.5. The molecule has 102 valence electrons. The van der Waals surface area contributed by atoms with Crippen LogP contribution in [0.4, 0.5) is 0 Å². The van der Waals surface area contributed by atoms with Crippen molar-refractivity contribution in [2.24, 2.45) is 5.92 Å². The molecular weight excluding hydrogens is 208 g/mol. The topological polar surface area (TPSA) is 15.3 Å². The predicted octanol–water partition coefficient (Wildman–Crippen LogP) is 3.28. The van der Waals surface area contributed by atoms with Crippen molar-refractivity contribution < 1.29 is 0 Å². The molecule has 0 aliphatic carbocycles. The molecule has 1 aliphatic heterocycles. The number of likely N-dealkylation sites (tertiary alicyclic amines) is 1. The van der Waals surface area contributed by atoms with Gasteiger partial charge in [-0.3, -0.25) is 0 Å². The van der Waals surface area contributed by atoms with Crippen molar-refractivity contribution in [3.05, 3.63) is 0 Å². The maximum absolute atomic E-state index is 3.75. The molecule has 0 radical (unpaired) electrons. The maximum Gasteiger partial charge on any atom is 0.0220 e. The molecule has 0 aromatic carbocycles. The van der Waals surface area contributed by atoms with Gasteiger partial charge in [0.05, 0.1) is 0 Å². The smallest absolute Gasteiger partial charge is 0.0220 e. The van der Waals surface area contributed by atoms with Gasteiger partial charge in [0.25, 0.3) is 0 Å². The fourth-order valence-electron chi connectivity index (χ4n) is 2.66. The molecule has 1 rings (SSSR count). The highest BCUT2D eigenvalue weighted by atomic mass is 15.1. The Balaban J connectivity index is 2.39. The van der Waals surface area contributed by atoms with E-state index in [4.69, 9.17) is 0 Å². The lowest BCUT2D eigenvalue weighted by Gasteiger charge is -2.30. The Kier molecular flexibility index (Phi) is 7.87. The Morgan fingerprint density at radius 2 is 1.71 bits per heavy atom. The Morgan fingerprint density at radius 1 is 1.06 bits per heavy atom. The molecule has 0 spiro atoms. The fourth-order valence-corrected chi connectivity index (χ4v) is 2.66. The van der Waals surface area contributed by atoms with E-state index in [0.717, 1.165) is 5.92 Å². The van der Waals surface area contributed by atoms with Crippen molar-refractivity contribution in [2.75, 3.05) is 26.2 Å². The molecule has 1 saturated heterocycles. The number of hydrogen-bond donors (Lipinski definition) is 1. The summed E-state index contributed by atoms with van der Waals surface area (Å²) >= 11 is 0. The van der Waals surface area contributed by atoms with Crippen LogP contribution in [-0.2, 0) is 0 Å². The van der Waals surface area contributed by atoms with Crippen molar-refractivity contribution in [1.82, 2.24) is 10.2 Å². The van der Waals surface area contributed by atoms with Crippen LogP contribution in [0.2, 0.25) is 0 Å². The quantitative estimate of drug-likeness (QED) is 0.735. The minimum Gasteiger partial charge on any atom is -0.312 e. The zero-order valence-electron chi connectivity index (χ0n) is 12.2. The van der Waals surface area contributed by atoms with Crippen LogP contribution >= 0.6 is 0 Å². The van der Waals surface area contributed by atoms with E-state index >= 15 is 0 Å². The maximum atomic E-state index is 3.75. The van der Waals surface area contributed by atoms with Crippen molar-refractivity contribution in [2.45, 2.75) is 65.3 Å². The van der Waals surface area contributed by atoms with Gasteiger partial charge in [-0.1, -0.05) is 40.0 Å². The summed E-state index contributed by atoms with van der Waals surface area (Å²) in [4.78, 5) is 2.69. The van der Waals surface area contributed by atoms with Gasteiger partial charge in [0.2, 0.25) is 0 Å². The van der Waals surface area contributed by atoms with Gasteiger partial charge in [-0.15, -0.1) is 0 Å². The van der Waals surface area contributed by atoms with E-state index in [1.165, 1.54) is 64.7 Å². The van der Waals surface area contributed by atoms with E-state index in [2.05, 4.69) is 31.0 Å². The SMILES string of the molecule is CCCNC(CN1CCCCCC1)C(C)CC. The highest BCUT2D eigenvalue weighted by molar-refractivity contribution is 4.77. The second kappa shape index (κ2) is 8.93. The summed E-state index contributed by atoms with van der Waals surface area (Å²) in [5.74, 6) is 0.796. The summed E-state index contributed by atoms with van der Waals surface area (Å²) in [6.45, 7) is 12.0. The average molecular weight is 240 g/mol. The number of hydrogen-bond acceptors (Lipinski definition) is 2. The average Bonchev–Trinajstić information content (AvgIpc) is 2.62. The predicted molar refractivity (Wildman–Crippen MR) is 76.4 cm³/mol. The zero-order valence-corrected chi connectivity index (χ0v) is 12.2. The van der Waals surface area contributed by atoms with Crippen LogP contribution in [0.1, 0.15) is 59.3 Å². The molecule has 1 heterocycles. The molecule has 0 aromatic heterocycles. The minimum absolute atomic E-state index is 0.693. The molecule has 2 heteroatoms. The third kappa shape index (κ3) is 5.87. The van der Waals surface area contributed by atoms with Gasteiger partial charge >= 0.3 is 0 Å². The second-order valence-corrected chi connectivity index (χ2v) is 5.66. The van der Waals surface area contributed by atoms with Gasteiger partial charge in [-0.25, -0.2) is 0 Å². The largest absolute Gasteiger partial charge is 0.312 e. The fraction of sp³-hybridized carbons (Fsp3) is 1.00. The first-order valence-electron chi connectivity index (χ1n) is 7.73. The summed E-state index contributed by atoms with van der Waals surface area (Å²) in [6.07, 6.45) is 8.21. The van der Waals surface area contributed by atoms with E-state index in [0.29, 0.717) is 6.04 Å². The van der Waals surface area contributed by atoms with Crippen molar-refractivity contribution >= 4 is 0 Å². The van der Waals surface area contributed by atoms with Crippen LogP contribution in [0, 0.1) is 5.92 Å². The van der Waals surface area contributed by atoms with Crippen LogP contribution in [0.15, 0.2) is 0 Å². The molecular formula is C15H32N2. The third-order valence-corrected chi connectivity index (χ3v) is 4.14. The summed E-state index contributed by atoms with van der Waals surface area (Å²) in [6, 6.07) is 0.693. The lowest BCUT2D eigenvalue weighted by atomic mass is 9.98. The molecule has 1 fully saturated rings. The number of rotatable bonds is 7. The molecule has 0 amide bonds. The Bertz CT molecular complexity index is 174. The molecule has 0 bridgehead atoms. The molecule has 2 unspecified atom stereocenters. The van der Waals surface area contributed by atoms with Crippen molar-refractivity contribution in [1.29, 1.82) is 0 Å². The van der Waals surface area contributed by atoms with Crippen LogP contribution < -0.4 is 5.32 Å². The Hall–Kier alpha value is -0.0800. The van der Waals surface area contributed by atoms with E-state index < -0.39 is 0 Å². The summed E-state index contributed by atoms with van der Waals surface area (Å²) in [5, 5.41) is 3.75. The van der Waals surface area contributed by atoms with Gasteiger partial charge < -0.3 is 10.2 Å². The summed E-state index contributed by atoms with van der Waals surface area (Å²) < 4.78 is 0. The molecule has 2 nitrogen and oxygen atoms in total. The molecule has 2 atom stereocenters. The number of nitrogens with zero attached hydrogens (tertiary/aromatic N) is 1. The first-order chi connectivity index (χ1) is 8.27. The normalized spacial score (nSPS) is 22.1. The van der Waals surface area contributed by atoms with Crippen LogP contribution in [0.3, 0.4) is 0 Å². The third-order valence-electron chi connectivity index (χ3n) is 4.14. The van der Waals surface area contributed by atoms with Crippen LogP contribution in [-0.4, -0.2) is 37.1 Å². The number of nitrogens with one attached hydrogen (secondary N) is 1. The molecule has 1 aliphatic rings. The van der Waals surface area contributed by atoms with Crippen molar-refractivity contribution in [3.63, 3.8) is 0 Å². The summed E-state index contributed by atoms with van der Waals surface area (Å²) in [5.41, 5.74) is 0. The summed E-state index contributed by atoms with van der Waals surface area (Å²) in [7, 11) is 0. The van der Waals surface area contributed by atoms with E-state index in [1.54, 1.807) is 0 Å². The first kappa shape index (κ1) is 15.0. The highest BCUT2D eigenvalue weighted by Crippen LogP contribution is 2.14. The van der Waals surface area contributed by atoms with Gasteiger partial charge in [-0.05, 0) is 44.8 Å².